The molecule has 0 aliphatic carbocycles. The number of aliphatic hydroxyl groups is 1. The average molecular weight is 348 g/mol. The molecule has 0 bridgehead atoms. The van der Waals surface area contributed by atoms with Crippen LogP contribution in [0.15, 0.2) is 54.6 Å². The molecule has 1 amide bonds. The normalized spacial score (nSPS) is 10.9. The van der Waals surface area contributed by atoms with Crippen LogP contribution in [-0.4, -0.2) is 40.6 Å². The van der Waals surface area contributed by atoms with Gasteiger partial charge in [0.1, 0.15) is 0 Å². The largest absolute Gasteiger partial charge is 0.395 e. The Labute approximate surface area is 154 Å². The summed E-state index contributed by atoms with van der Waals surface area (Å²) in [5.74, 6) is 0.0129. The Morgan fingerprint density at radius 1 is 1.08 bits per heavy atom. The number of pyridine rings is 1. The number of para-hydroxylation sites is 1. The van der Waals surface area contributed by atoms with Gasteiger partial charge in [-0.2, -0.15) is 0 Å². The van der Waals surface area contributed by atoms with Gasteiger partial charge < -0.3 is 10.0 Å². The van der Waals surface area contributed by atoms with Gasteiger partial charge in [0, 0.05) is 24.2 Å². The molecule has 0 aliphatic heterocycles. The molecule has 0 saturated carbocycles. The van der Waals surface area contributed by atoms with Crippen LogP contribution in [0.1, 0.15) is 18.2 Å². The molecule has 0 unspecified atom stereocenters. The van der Waals surface area contributed by atoms with E-state index in [2.05, 4.69) is 18.2 Å². The highest BCUT2D eigenvalue weighted by atomic mass is 16.3. The maximum atomic E-state index is 12.8. The fourth-order valence-corrected chi connectivity index (χ4v) is 3.37. The van der Waals surface area contributed by atoms with Gasteiger partial charge in [0.2, 0.25) is 5.91 Å². The number of aryl methyl sites for hydroxylation is 1. The first-order chi connectivity index (χ1) is 12.7. The van der Waals surface area contributed by atoms with Gasteiger partial charge in [-0.3, -0.25) is 9.78 Å². The van der Waals surface area contributed by atoms with Crippen molar-refractivity contribution < 1.29 is 9.90 Å². The zero-order chi connectivity index (χ0) is 18.5. The van der Waals surface area contributed by atoms with E-state index < -0.39 is 0 Å². The summed E-state index contributed by atoms with van der Waals surface area (Å²) in [6.45, 7) is 4.80. The first-order valence-corrected chi connectivity index (χ1v) is 8.98. The minimum absolute atomic E-state index is 0.0129. The van der Waals surface area contributed by atoms with Gasteiger partial charge in [-0.1, -0.05) is 48.5 Å². The summed E-state index contributed by atoms with van der Waals surface area (Å²) in [7, 11) is 0. The zero-order valence-electron chi connectivity index (χ0n) is 15.3. The number of rotatable bonds is 6. The summed E-state index contributed by atoms with van der Waals surface area (Å²) in [6, 6.07) is 18.2. The van der Waals surface area contributed by atoms with Gasteiger partial charge in [0.25, 0.3) is 0 Å². The van der Waals surface area contributed by atoms with Crippen molar-refractivity contribution in [1.82, 2.24) is 9.88 Å². The minimum atomic E-state index is -0.0277. The third-order valence-electron chi connectivity index (χ3n) is 4.69. The molecule has 1 N–H and O–H groups in total. The second kappa shape index (κ2) is 8.11. The van der Waals surface area contributed by atoms with Gasteiger partial charge >= 0.3 is 0 Å². The number of fused-ring (bicyclic) bond motifs is 1. The molecule has 3 aromatic rings. The second-order valence-electron chi connectivity index (χ2n) is 6.31. The summed E-state index contributed by atoms with van der Waals surface area (Å²) < 4.78 is 0. The molecule has 0 atom stereocenters. The monoisotopic (exact) mass is 348 g/mol. The van der Waals surface area contributed by atoms with Gasteiger partial charge in [-0.25, -0.2) is 0 Å². The molecule has 1 heterocycles. The van der Waals surface area contributed by atoms with Crippen molar-refractivity contribution in [3.63, 3.8) is 0 Å². The summed E-state index contributed by atoms with van der Waals surface area (Å²) >= 11 is 0. The SMILES string of the molecule is CCN(CCO)C(=O)Cc1c(C)nc2ccccc2c1-c1ccccc1. The van der Waals surface area contributed by atoms with Crippen molar-refractivity contribution in [2.45, 2.75) is 20.3 Å². The van der Waals surface area contributed by atoms with Crippen molar-refractivity contribution in [1.29, 1.82) is 0 Å². The van der Waals surface area contributed by atoms with E-state index in [0.29, 0.717) is 13.1 Å². The van der Waals surface area contributed by atoms with Gasteiger partial charge in [0.15, 0.2) is 0 Å². The lowest BCUT2D eigenvalue weighted by atomic mass is 9.92. The van der Waals surface area contributed by atoms with Crippen LogP contribution in [0.4, 0.5) is 0 Å². The van der Waals surface area contributed by atoms with Crippen LogP contribution in [0, 0.1) is 6.92 Å². The van der Waals surface area contributed by atoms with Crippen molar-refractivity contribution in [2.75, 3.05) is 19.7 Å². The van der Waals surface area contributed by atoms with Crippen LogP contribution in [0.2, 0.25) is 0 Å². The Morgan fingerprint density at radius 3 is 2.46 bits per heavy atom. The molecule has 4 nitrogen and oxygen atoms in total. The third kappa shape index (κ3) is 3.60. The molecule has 2 aromatic carbocycles. The van der Waals surface area contributed by atoms with E-state index in [1.54, 1.807) is 4.90 Å². The van der Waals surface area contributed by atoms with Gasteiger partial charge in [-0.05, 0) is 36.6 Å². The van der Waals surface area contributed by atoms with Crippen molar-refractivity contribution in [3.05, 3.63) is 65.9 Å². The average Bonchev–Trinajstić information content (AvgIpc) is 2.67. The topological polar surface area (TPSA) is 53.4 Å². The summed E-state index contributed by atoms with van der Waals surface area (Å²) in [4.78, 5) is 19.2. The molecule has 0 spiro atoms. The highest BCUT2D eigenvalue weighted by Crippen LogP contribution is 2.33. The highest BCUT2D eigenvalue weighted by molar-refractivity contribution is 5.98. The Morgan fingerprint density at radius 2 is 1.77 bits per heavy atom. The van der Waals surface area contributed by atoms with Crippen molar-refractivity contribution >= 4 is 16.8 Å². The second-order valence-corrected chi connectivity index (χ2v) is 6.31. The number of benzene rings is 2. The fraction of sp³-hybridized carbons (Fsp3) is 0.273. The molecule has 3 rings (SSSR count). The molecule has 1 aromatic heterocycles. The van der Waals surface area contributed by atoms with E-state index in [-0.39, 0.29) is 18.9 Å². The number of hydrogen-bond donors (Lipinski definition) is 1. The van der Waals surface area contributed by atoms with Crippen LogP contribution in [0.3, 0.4) is 0 Å². The van der Waals surface area contributed by atoms with E-state index in [4.69, 9.17) is 4.98 Å². The van der Waals surface area contributed by atoms with E-state index in [0.717, 1.165) is 33.3 Å². The minimum Gasteiger partial charge on any atom is -0.395 e. The summed E-state index contributed by atoms with van der Waals surface area (Å²) in [5, 5.41) is 10.3. The Hall–Kier alpha value is -2.72. The molecule has 4 heteroatoms. The molecule has 26 heavy (non-hydrogen) atoms. The molecule has 0 fully saturated rings. The number of nitrogens with zero attached hydrogens (tertiary/aromatic N) is 2. The van der Waals surface area contributed by atoms with Crippen LogP contribution in [0.25, 0.3) is 22.0 Å². The molecular weight excluding hydrogens is 324 g/mol. The molecule has 0 saturated heterocycles. The van der Waals surface area contributed by atoms with E-state index >= 15 is 0 Å². The Balaban J connectivity index is 2.15. The fourth-order valence-electron chi connectivity index (χ4n) is 3.37. The zero-order valence-corrected chi connectivity index (χ0v) is 15.3. The number of hydrogen-bond acceptors (Lipinski definition) is 3. The number of carbonyl (C=O) groups is 1. The highest BCUT2D eigenvalue weighted by Gasteiger charge is 2.19. The molecular formula is C22H24N2O2. The number of likely N-dealkylation sites (N-methyl/N-ethyl adjacent to an activating group) is 1. The van der Waals surface area contributed by atoms with Crippen LogP contribution >= 0.6 is 0 Å². The molecule has 0 aliphatic rings. The maximum Gasteiger partial charge on any atom is 0.227 e. The van der Waals surface area contributed by atoms with Gasteiger partial charge in [-0.15, -0.1) is 0 Å². The number of amides is 1. The Bertz CT molecular complexity index is 907. The predicted octanol–water partition coefficient (Wildman–Crippen LogP) is 3.59. The lowest BCUT2D eigenvalue weighted by Crippen LogP contribution is -2.34. The predicted molar refractivity (Wildman–Crippen MR) is 105 cm³/mol. The molecule has 134 valence electrons. The van der Waals surface area contributed by atoms with E-state index in [1.807, 2.05) is 50.2 Å². The third-order valence-corrected chi connectivity index (χ3v) is 4.69. The Kier molecular flexibility index (Phi) is 5.64. The lowest BCUT2D eigenvalue weighted by Gasteiger charge is -2.22. The quantitative estimate of drug-likeness (QED) is 0.741. The van der Waals surface area contributed by atoms with Crippen LogP contribution in [-0.2, 0) is 11.2 Å². The number of aromatic nitrogens is 1. The number of aliphatic hydroxyl groups excluding tert-OH is 1. The van der Waals surface area contributed by atoms with E-state index in [1.165, 1.54) is 0 Å². The smallest absolute Gasteiger partial charge is 0.227 e. The lowest BCUT2D eigenvalue weighted by molar-refractivity contribution is -0.130. The van der Waals surface area contributed by atoms with E-state index in [9.17, 15) is 9.90 Å². The molecule has 0 radical (unpaired) electrons. The van der Waals surface area contributed by atoms with Crippen LogP contribution in [0.5, 0.6) is 0 Å². The first-order valence-electron chi connectivity index (χ1n) is 8.98. The number of carbonyl (C=O) groups excluding carboxylic acids is 1. The van der Waals surface area contributed by atoms with Crippen LogP contribution < -0.4 is 0 Å². The van der Waals surface area contributed by atoms with Crippen molar-refractivity contribution in [2.24, 2.45) is 0 Å². The van der Waals surface area contributed by atoms with Gasteiger partial charge in [0.05, 0.1) is 18.5 Å². The summed E-state index contributed by atoms with van der Waals surface area (Å²) in [5.41, 5.74) is 4.92. The first kappa shape index (κ1) is 18.1. The maximum absolute atomic E-state index is 12.8. The standard InChI is InChI=1S/C22H24N2O2/c1-3-24(13-14-25)21(26)15-19-16(2)23-20-12-8-7-11-18(20)22(19)17-9-5-4-6-10-17/h4-12,25H,3,13-15H2,1-2H3. The summed E-state index contributed by atoms with van der Waals surface area (Å²) in [6.07, 6.45) is 0.279. The van der Waals surface area contributed by atoms with Crippen molar-refractivity contribution in [3.8, 4) is 11.1 Å².